The van der Waals surface area contributed by atoms with Crippen molar-refractivity contribution in [2.24, 2.45) is 0 Å². The summed E-state index contributed by atoms with van der Waals surface area (Å²) in [5, 5.41) is 19.6. The maximum absolute atomic E-state index is 11.7. The molecular formula is C12H12O6. The number of rotatable bonds is 1. The molecule has 1 aromatic rings. The van der Waals surface area contributed by atoms with E-state index in [1.54, 1.807) is 0 Å². The number of fused-ring (bicyclic) bond motifs is 1. The number of aromatic hydroxyl groups is 1. The number of benzene rings is 1. The van der Waals surface area contributed by atoms with Crippen LogP contribution < -0.4 is 0 Å². The second-order valence-electron chi connectivity index (χ2n) is 3.97. The van der Waals surface area contributed by atoms with Crippen molar-refractivity contribution >= 4 is 11.9 Å². The average Bonchev–Trinajstić information content (AvgIpc) is 2.34. The summed E-state index contributed by atoms with van der Waals surface area (Å²) in [6, 6.07) is 2.49. The lowest BCUT2D eigenvalue weighted by atomic mass is 9.91. The summed E-state index contributed by atoms with van der Waals surface area (Å²) >= 11 is 0. The Morgan fingerprint density at radius 3 is 2.72 bits per heavy atom. The summed E-state index contributed by atoms with van der Waals surface area (Å²) in [5.41, 5.74) is -0.101. The van der Waals surface area contributed by atoms with E-state index >= 15 is 0 Å². The first-order valence-corrected chi connectivity index (χ1v) is 5.30. The van der Waals surface area contributed by atoms with Gasteiger partial charge in [0.05, 0.1) is 12.7 Å². The maximum atomic E-state index is 11.7. The zero-order chi connectivity index (χ0) is 13.4. The van der Waals surface area contributed by atoms with Gasteiger partial charge in [-0.2, -0.15) is 0 Å². The van der Waals surface area contributed by atoms with Gasteiger partial charge in [0.1, 0.15) is 23.5 Å². The summed E-state index contributed by atoms with van der Waals surface area (Å²) in [6.45, 7) is 1.50. The molecule has 0 spiro atoms. The van der Waals surface area contributed by atoms with Crippen LogP contribution in [0.5, 0.6) is 5.75 Å². The smallest absolute Gasteiger partial charge is 0.342 e. The fourth-order valence-electron chi connectivity index (χ4n) is 1.94. The number of ether oxygens (including phenoxy) is 2. The van der Waals surface area contributed by atoms with Crippen molar-refractivity contribution in [2.45, 2.75) is 19.1 Å². The third kappa shape index (κ3) is 1.70. The number of aliphatic hydroxyl groups excluding tert-OH is 1. The van der Waals surface area contributed by atoms with E-state index in [2.05, 4.69) is 4.74 Å². The molecule has 18 heavy (non-hydrogen) atoms. The van der Waals surface area contributed by atoms with E-state index in [0.29, 0.717) is 0 Å². The van der Waals surface area contributed by atoms with Crippen LogP contribution in [-0.4, -0.2) is 35.4 Å². The number of cyclic esters (lactones) is 1. The predicted octanol–water partition coefficient (Wildman–Crippen LogP) is 0.771. The Hall–Kier alpha value is -2.08. The van der Waals surface area contributed by atoms with E-state index in [-0.39, 0.29) is 22.4 Å². The summed E-state index contributed by atoms with van der Waals surface area (Å²) in [4.78, 5) is 23.3. The maximum Gasteiger partial charge on any atom is 0.342 e. The third-order valence-corrected chi connectivity index (χ3v) is 2.87. The fraction of sp³-hybridized carbons (Fsp3) is 0.333. The predicted molar refractivity (Wildman–Crippen MR) is 59.3 cm³/mol. The van der Waals surface area contributed by atoms with Gasteiger partial charge in [0.15, 0.2) is 0 Å². The lowest BCUT2D eigenvalue weighted by Gasteiger charge is -2.28. The monoisotopic (exact) mass is 252 g/mol. The van der Waals surface area contributed by atoms with Gasteiger partial charge in [-0.15, -0.1) is 0 Å². The van der Waals surface area contributed by atoms with Crippen LogP contribution in [0.15, 0.2) is 12.1 Å². The first kappa shape index (κ1) is 12.4. The zero-order valence-corrected chi connectivity index (χ0v) is 9.84. The molecule has 0 saturated heterocycles. The number of carbonyl (C=O) groups is 2. The minimum atomic E-state index is -1.18. The molecule has 0 amide bonds. The van der Waals surface area contributed by atoms with Gasteiger partial charge in [0.2, 0.25) is 0 Å². The number of phenolic OH excluding ortho intramolecular Hbond substituents is 1. The fourth-order valence-corrected chi connectivity index (χ4v) is 1.94. The molecule has 6 heteroatoms. The number of hydrogen-bond acceptors (Lipinski definition) is 6. The van der Waals surface area contributed by atoms with Gasteiger partial charge in [0.25, 0.3) is 0 Å². The Morgan fingerprint density at radius 1 is 1.44 bits per heavy atom. The lowest BCUT2D eigenvalue weighted by molar-refractivity contribution is -0.0221. The number of hydrogen-bond donors (Lipinski definition) is 2. The standard InChI is InChI=1S/C12H12O6/c1-5-10(14)8-6(11(15)17-2)3-4-7(13)9(8)12(16)18-5/h3-5,10,13-14H,1-2H3/t5-,10+/m1/s1. The van der Waals surface area contributed by atoms with Gasteiger partial charge in [0, 0.05) is 5.56 Å². The number of phenols is 1. The number of carbonyl (C=O) groups excluding carboxylic acids is 2. The Kier molecular flexibility index (Phi) is 2.96. The molecule has 6 nitrogen and oxygen atoms in total. The van der Waals surface area contributed by atoms with E-state index in [1.165, 1.54) is 26.2 Å². The molecule has 0 saturated carbocycles. The van der Waals surface area contributed by atoms with Crippen molar-refractivity contribution in [3.8, 4) is 5.75 Å². The number of methoxy groups -OCH3 is 1. The normalized spacial score (nSPS) is 22.1. The van der Waals surface area contributed by atoms with Crippen LogP contribution in [0.4, 0.5) is 0 Å². The van der Waals surface area contributed by atoms with Crippen molar-refractivity contribution in [1.82, 2.24) is 0 Å². The number of esters is 2. The molecule has 2 N–H and O–H groups in total. The Morgan fingerprint density at radius 2 is 2.11 bits per heavy atom. The van der Waals surface area contributed by atoms with Crippen LogP contribution >= 0.6 is 0 Å². The summed E-state index contributed by atoms with van der Waals surface area (Å²) in [5.74, 6) is -1.80. The zero-order valence-electron chi connectivity index (χ0n) is 9.84. The van der Waals surface area contributed by atoms with Gasteiger partial charge in [-0.3, -0.25) is 0 Å². The molecule has 1 aromatic carbocycles. The summed E-state index contributed by atoms with van der Waals surface area (Å²) < 4.78 is 9.45. The summed E-state index contributed by atoms with van der Waals surface area (Å²) in [7, 11) is 1.19. The van der Waals surface area contributed by atoms with Crippen LogP contribution in [0.25, 0.3) is 0 Å². The van der Waals surface area contributed by atoms with E-state index in [9.17, 15) is 19.8 Å². The quantitative estimate of drug-likeness (QED) is 0.717. The molecule has 0 fully saturated rings. The largest absolute Gasteiger partial charge is 0.507 e. The molecule has 0 radical (unpaired) electrons. The Labute approximate surface area is 103 Å². The number of aliphatic hydroxyl groups is 1. The molecule has 0 aliphatic carbocycles. The van der Waals surface area contributed by atoms with Gasteiger partial charge >= 0.3 is 11.9 Å². The van der Waals surface area contributed by atoms with Crippen molar-refractivity contribution in [2.75, 3.05) is 7.11 Å². The second kappa shape index (κ2) is 4.30. The molecular weight excluding hydrogens is 240 g/mol. The molecule has 2 rings (SSSR count). The van der Waals surface area contributed by atoms with Gasteiger partial charge in [-0.05, 0) is 19.1 Å². The van der Waals surface area contributed by atoms with E-state index in [0.717, 1.165) is 0 Å². The highest BCUT2D eigenvalue weighted by Crippen LogP contribution is 2.37. The van der Waals surface area contributed by atoms with E-state index in [4.69, 9.17) is 4.74 Å². The molecule has 96 valence electrons. The topological polar surface area (TPSA) is 93.1 Å². The highest BCUT2D eigenvalue weighted by atomic mass is 16.6. The van der Waals surface area contributed by atoms with Crippen molar-refractivity contribution < 1.29 is 29.3 Å². The highest BCUT2D eigenvalue weighted by molar-refractivity contribution is 6.01. The molecule has 0 unspecified atom stereocenters. The van der Waals surface area contributed by atoms with Gasteiger partial charge in [-0.25, -0.2) is 9.59 Å². The van der Waals surface area contributed by atoms with Gasteiger partial charge < -0.3 is 19.7 Å². The highest BCUT2D eigenvalue weighted by Gasteiger charge is 2.37. The first-order valence-electron chi connectivity index (χ1n) is 5.30. The molecule has 0 aromatic heterocycles. The molecule has 1 aliphatic heterocycles. The van der Waals surface area contributed by atoms with E-state index in [1.807, 2.05) is 0 Å². The van der Waals surface area contributed by atoms with E-state index < -0.39 is 24.1 Å². The SMILES string of the molecule is COC(=O)c1ccc(O)c2c1[C@@H](O)[C@@H](C)OC2=O. The minimum Gasteiger partial charge on any atom is -0.507 e. The molecule has 1 heterocycles. The minimum absolute atomic E-state index is 0.0429. The second-order valence-corrected chi connectivity index (χ2v) is 3.97. The van der Waals surface area contributed by atoms with Crippen LogP contribution in [0, 0.1) is 0 Å². The molecule has 1 aliphatic rings. The lowest BCUT2D eigenvalue weighted by Crippen LogP contribution is -2.31. The van der Waals surface area contributed by atoms with Crippen LogP contribution in [0.1, 0.15) is 39.3 Å². The van der Waals surface area contributed by atoms with Crippen LogP contribution in [0.2, 0.25) is 0 Å². The van der Waals surface area contributed by atoms with Crippen molar-refractivity contribution in [3.05, 3.63) is 28.8 Å². The third-order valence-electron chi connectivity index (χ3n) is 2.87. The molecule has 0 bridgehead atoms. The average molecular weight is 252 g/mol. The van der Waals surface area contributed by atoms with Crippen LogP contribution in [0.3, 0.4) is 0 Å². The first-order chi connectivity index (χ1) is 8.47. The molecule has 2 atom stereocenters. The Bertz CT molecular complexity index is 522. The van der Waals surface area contributed by atoms with Crippen LogP contribution in [-0.2, 0) is 9.47 Å². The van der Waals surface area contributed by atoms with Crippen molar-refractivity contribution in [3.63, 3.8) is 0 Å². The van der Waals surface area contributed by atoms with Crippen molar-refractivity contribution in [1.29, 1.82) is 0 Å². The van der Waals surface area contributed by atoms with Gasteiger partial charge in [-0.1, -0.05) is 0 Å². The summed E-state index contributed by atoms with van der Waals surface area (Å²) in [6.07, 6.45) is -1.98. The Balaban J connectivity index is 2.71.